The quantitative estimate of drug-likeness (QED) is 0.613. The van der Waals surface area contributed by atoms with Crippen molar-refractivity contribution >= 4 is 21.7 Å². The Bertz CT molecular complexity index is 393. The van der Waals surface area contributed by atoms with Gasteiger partial charge in [-0.2, -0.15) is 5.26 Å². The Kier molecular flexibility index (Phi) is 3.84. The van der Waals surface area contributed by atoms with Gasteiger partial charge in [0.25, 0.3) is 0 Å². The number of alkyl halides is 1. The number of carbonyl (C=O) groups is 1. The fraction of sp³-hybridized carbons (Fsp3) is 0.273. The topological polar surface area (TPSA) is 40.9 Å². The third kappa shape index (κ3) is 2.21. The molecule has 1 aromatic rings. The van der Waals surface area contributed by atoms with Crippen LogP contribution in [0.3, 0.4) is 0 Å². The van der Waals surface area contributed by atoms with Crippen LogP contribution in [0.15, 0.2) is 18.2 Å². The average molecular weight is 252 g/mol. The highest BCUT2D eigenvalue weighted by Gasteiger charge is 2.10. The molecule has 0 spiro atoms. The molecule has 0 unspecified atom stereocenters. The lowest BCUT2D eigenvalue weighted by molar-refractivity contribution is 0.0989. The second-order valence-electron chi connectivity index (χ2n) is 2.95. The largest absolute Gasteiger partial charge is 0.294 e. The molecule has 0 saturated carbocycles. The van der Waals surface area contributed by atoms with Gasteiger partial charge in [-0.3, -0.25) is 4.79 Å². The fourth-order valence-corrected chi connectivity index (χ4v) is 1.64. The Morgan fingerprint density at radius 1 is 1.57 bits per heavy atom. The number of halogens is 1. The highest BCUT2D eigenvalue weighted by atomic mass is 79.9. The van der Waals surface area contributed by atoms with E-state index in [0.717, 1.165) is 5.56 Å². The molecule has 0 aliphatic carbocycles. The normalized spacial score (nSPS) is 9.50. The van der Waals surface area contributed by atoms with Gasteiger partial charge in [-0.25, -0.2) is 0 Å². The molecule has 2 nitrogen and oxygen atoms in total. The van der Waals surface area contributed by atoms with Crippen LogP contribution in [-0.4, -0.2) is 11.1 Å². The van der Waals surface area contributed by atoms with E-state index in [0.29, 0.717) is 22.9 Å². The smallest absolute Gasteiger partial charge is 0.164 e. The van der Waals surface area contributed by atoms with Crippen LogP contribution in [0.25, 0.3) is 0 Å². The number of hydrogen-bond acceptors (Lipinski definition) is 2. The van der Waals surface area contributed by atoms with E-state index in [1.54, 1.807) is 25.1 Å². The van der Waals surface area contributed by atoms with Crippen LogP contribution in [-0.2, 0) is 0 Å². The number of ketones is 1. The predicted molar refractivity (Wildman–Crippen MR) is 58.6 cm³/mol. The third-order valence-electron chi connectivity index (χ3n) is 2.08. The van der Waals surface area contributed by atoms with Crippen molar-refractivity contribution in [1.29, 1.82) is 5.26 Å². The van der Waals surface area contributed by atoms with E-state index in [1.165, 1.54) is 0 Å². The molecule has 0 aromatic heterocycles. The Hall–Kier alpha value is -1.14. The highest BCUT2D eigenvalue weighted by Crippen LogP contribution is 2.15. The number of rotatable bonds is 3. The summed E-state index contributed by atoms with van der Waals surface area (Å²) < 4.78 is 0. The zero-order valence-electron chi connectivity index (χ0n) is 7.88. The van der Waals surface area contributed by atoms with Crippen molar-refractivity contribution in [3.05, 3.63) is 34.9 Å². The third-order valence-corrected chi connectivity index (χ3v) is 2.47. The second-order valence-corrected chi connectivity index (χ2v) is 3.75. The Balaban J connectivity index is 3.11. The van der Waals surface area contributed by atoms with E-state index in [1.807, 2.05) is 0 Å². The minimum absolute atomic E-state index is 0.0801. The van der Waals surface area contributed by atoms with Crippen molar-refractivity contribution < 1.29 is 4.79 Å². The summed E-state index contributed by atoms with van der Waals surface area (Å²) in [6, 6.07) is 7.30. The van der Waals surface area contributed by atoms with Gasteiger partial charge in [0.2, 0.25) is 0 Å². The molecule has 0 bridgehead atoms. The van der Waals surface area contributed by atoms with Crippen molar-refractivity contribution in [2.45, 2.75) is 13.3 Å². The lowest BCUT2D eigenvalue weighted by Crippen LogP contribution is -2.03. The van der Waals surface area contributed by atoms with E-state index in [9.17, 15) is 4.79 Å². The van der Waals surface area contributed by atoms with Gasteiger partial charge in [0, 0.05) is 17.3 Å². The van der Waals surface area contributed by atoms with E-state index >= 15 is 0 Å². The Labute approximate surface area is 91.7 Å². The molecule has 0 heterocycles. The number of Topliss-reactive ketones (excluding diaryl/α,β-unsaturated/α-hetero) is 1. The van der Waals surface area contributed by atoms with Gasteiger partial charge < -0.3 is 0 Å². The molecule has 0 radical (unpaired) electrons. The lowest BCUT2D eigenvalue weighted by Gasteiger charge is -2.04. The molecule has 72 valence electrons. The van der Waals surface area contributed by atoms with Crippen LogP contribution in [0.4, 0.5) is 0 Å². The van der Waals surface area contributed by atoms with Gasteiger partial charge >= 0.3 is 0 Å². The highest BCUT2D eigenvalue weighted by molar-refractivity contribution is 9.09. The van der Waals surface area contributed by atoms with Crippen LogP contribution in [0, 0.1) is 18.3 Å². The summed E-state index contributed by atoms with van der Waals surface area (Å²) in [7, 11) is 0. The van der Waals surface area contributed by atoms with Crippen molar-refractivity contribution in [2.24, 2.45) is 0 Å². The molecular weight excluding hydrogens is 242 g/mol. The first kappa shape index (κ1) is 10.9. The van der Waals surface area contributed by atoms with E-state index in [2.05, 4.69) is 22.0 Å². The molecule has 0 atom stereocenters. The fourth-order valence-electron chi connectivity index (χ4n) is 1.28. The van der Waals surface area contributed by atoms with Crippen LogP contribution < -0.4 is 0 Å². The zero-order valence-corrected chi connectivity index (χ0v) is 9.47. The maximum atomic E-state index is 11.6. The van der Waals surface area contributed by atoms with Gasteiger partial charge in [-0.15, -0.1) is 0 Å². The monoisotopic (exact) mass is 251 g/mol. The Morgan fingerprint density at radius 2 is 2.29 bits per heavy atom. The SMILES string of the molecule is Cc1c(C#N)cccc1C(=O)CCBr. The van der Waals surface area contributed by atoms with Gasteiger partial charge in [0.05, 0.1) is 11.6 Å². The summed E-state index contributed by atoms with van der Waals surface area (Å²) in [5, 5.41) is 9.44. The molecule has 1 rings (SSSR count). The Morgan fingerprint density at radius 3 is 2.86 bits per heavy atom. The number of hydrogen-bond donors (Lipinski definition) is 0. The van der Waals surface area contributed by atoms with Crippen molar-refractivity contribution in [3.8, 4) is 6.07 Å². The molecule has 14 heavy (non-hydrogen) atoms. The van der Waals surface area contributed by atoms with E-state index in [4.69, 9.17) is 5.26 Å². The van der Waals surface area contributed by atoms with Crippen molar-refractivity contribution in [1.82, 2.24) is 0 Å². The molecule has 0 aliphatic rings. The second kappa shape index (κ2) is 4.92. The minimum atomic E-state index is 0.0801. The molecule has 0 N–H and O–H groups in total. The predicted octanol–water partition coefficient (Wildman–Crippen LogP) is 2.83. The summed E-state index contributed by atoms with van der Waals surface area (Å²) in [5.74, 6) is 0.0801. The van der Waals surface area contributed by atoms with Crippen LogP contribution >= 0.6 is 15.9 Å². The molecule has 0 amide bonds. The minimum Gasteiger partial charge on any atom is -0.294 e. The number of benzene rings is 1. The summed E-state index contributed by atoms with van der Waals surface area (Å²) in [6.07, 6.45) is 0.468. The molecule has 3 heteroatoms. The van der Waals surface area contributed by atoms with Gasteiger partial charge in [0.1, 0.15) is 0 Å². The summed E-state index contributed by atoms with van der Waals surface area (Å²) in [5.41, 5.74) is 2.01. The van der Waals surface area contributed by atoms with Crippen LogP contribution in [0.2, 0.25) is 0 Å². The van der Waals surface area contributed by atoms with Crippen LogP contribution in [0.1, 0.15) is 27.9 Å². The van der Waals surface area contributed by atoms with Gasteiger partial charge in [-0.05, 0) is 18.6 Å². The first-order chi connectivity index (χ1) is 6.70. The number of carbonyl (C=O) groups excluding carboxylic acids is 1. The molecule has 0 saturated heterocycles. The van der Waals surface area contributed by atoms with Crippen molar-refractivity contribution in [2.75, 3.05) is 5.33 Å². The molecule has 0 aliphatic heterocycles. The van der Waals surface area contributed by atoms with Crippen LogP contribution in [0.5, 0.6) is 0 Å². The maximum Gasteiger partial charge on any atom is 0.164 e. The first-order valence-electron chi connectivity index (χ1n) is 4.29. The van der Waals surface area contributed by atoms with E-state index < -0.39 is 0 Å². The van der Waals surface area contributed by atoms with Gasteiger partial charge in [-0.1, -0.05) is 28.1 Å². The maximum absolute atomic E-state index is 11.6. The number of nitriles is 1. The van der Waals surface area contributed by atoms with Crippen molar-refractivity contribution in [3.63, 3.8) is 0 Å². The summed E-state index contributed by atoms with van der Waals surface area (Å²) in [6.45, 7) is 1.81. The zero-order chi connectivity index (χ0) is 10.6. The molecule has 1 aromatic carbocycles. The molecular formula is C11H10BrNO. The summed E-state index contributed by atoms with van der Waals surface area (Å²) in [4.78, 5) is 11.6. The van der Waals surface area contributed by atoms with E-state index in [-0.39, 0.29) is 5.78 Å². The first-order valence-corrected chi connectivity index (χ1v) is 5.41. The average Bonchev–Trinajstić information content (AvgIpc) is 2.18. The summed E-state index contributed by atoms with van der Waals surface area (Å²) >= 11 is 3.22. The number of nitrogens with zero attached hydrogens (tertiary/aromatic N) is 1. The van der Waals surface area contributed by atoms with Gasteiger partial charge in [0.15, 0.2) is 5.78 Å². The molecule has 0 fully saturated rings. The lowest BCUT2D eigenvalue weighted by atomic mass is 9.99. The standard InChI is InChI=1S/C11H10BrNO/c1-8-9(7-13)3-2-4-10(8)11(14)5-6-12/h2-4H,5-6H2,1H3.